The van der Waals surface area contributed by atoms with Crippen molar-refractivity contribution >= 4 is 34.5 Å². The van der Waals surface area contributed by atoms with Crippen LogP contribution in [0.25, 0.3) is 10.8 Å². The van der Waals surface area contributed by atoms with E-state index >= 15 is 0 Å². The molecule has 5 rings (SSSR count). The normalized spacial score (nSPS) is 15.0. The van der Waals surface area contributed by atoms with E-state index in [1.807, 2.05) is 43.3 Å². The molecule has 7 nitrogen and oxygen atoms in total. The molecule has 1 N–H and O–H groups in total. The number of nitrogens with zero attached hydrogens (tertiary/aromatic N) is 3. The molecule has 1 aliphatic heterocycles. The summed E-state index contributed by atoms with van der Waals surface area (Å²) in [5.41, 5.74) is 3.31. The zero-order valence-electron chi connectivity index (χ0n) is 19.8. The maximum Gasteiger partial charge on any atom is 0.338 e. The minimum absolute atomic E-state index is 0.294. The minimum atomic E-state index is -0.460. The number of carbonyl (C=O) groups is 1. The quantitative estimate of drug-likeness (QED) is 0.270. The lowest BCUT2D eigenvalue weighted by atomic mass is 9.96. The van der Waals surface area contributed by atoms with Crippen LogP contribution in [0.3, 0.4) is 0 Å². The third-order valence-corrected chi connectivity index (χ3v) is 6.85. The highest BCUT2D eigenvalue weighted by molar-refractivity contribution is 7.98. The molecule has 1 aliphatic rings. The molecule has 0 fully saturated rings. The van der Waals surface area contributed by atoms with Crippen LogP contribution in [-0.4, -0.2) is 34.5 Å². The maximum atomic E-state index is 12.9. The van der Waals surface area contributed by atoms with E-state index in [2.05, 4.69) is 35.6 Å². The van der Waals surface area contributed by atoms with Gasteiger partial charge in [0, 0.05) is 11.4 Å². The van der Waals surface area contributed by atoms with Crippen molar-refractivity contribution in [2.45, 2.75) is 30.8 Å². The Balaban J connectivity index is 1.46. The molecule has 0 spiro atoms. The monoisotopic (exact) mass is 486 g/mol. The summed E-state index contributed by atoms with van der Waals surface area (Å²) in [6.07, 6.45) is 0. The van der Waals surface area contributed by atoms with Gasteiger partial charge in [0.05, 0.1) is 19.3 Å². The van der Waals surface area contributed by atoms with Crippen LogP contribution in [0, 0.1) is 0 Å². The molecule has 1 unspecified atom stereocenters. The SMILES string of the molecule is CCOC(=O)C1=C(C)Nc2nc(SCc3ccc4ccccc4c3)nn2C1c1ccc(OC)cc1. The number of rotatable bonds is 7. The van der Waals surface area contributed by atoms with Crippen molar-refractivity contribution in [1.29, 1.82) is 0 Å². The molecule has 178 valence electrons. The summed E-state index contributed by atoms with van der Waals surface area (Å²) in [6.45, 7) is 3.96. The minimum Gasteiger partial charge on any atom is -0.497 e. The fraction of sp³-hybridized carbons (Fsp3) is 0.222. The molecule has 8 heteroatoms. The van der Waals surface area contributed by atoms with Gasteiger partial charge < -0.3 is 14.8 Å². The van der Waals surface area contributed by atoms with Crippen LogP contribution in [-0.2, 0) is 15.3 Å². The number of hydrogen-bond acceptors (Lipinski definition) is 7. The summed E-state index contributed by atoms with van der Waals surface area (Å²) in [4.78, 5) is 17.7. The number of thioether (sulfide) groups is 1. The molecule has 0 bridgehead atoms. The largest absolute Gasteiger partial charge is 0.497 e. The van der Waals surface area contributed by atoms with Gasteiger partial charge in [0.15, 0.2) is 0 Å². The smallest absolute Gasteiger partial charge is 0.338 e. The zero-order chi connectivity index (χ0) is 24.4. The van der Waals surface area contributed by atoms with Crippen LogP contribution in [0.1, 0.15) is 31.0 Å². The number of anilines is 1. The number of nitrogens with one attached hydrogen (secondary N) is 1. The zero-order valence-corrected chi connectivity index (χ0v) is 20.6. The standard InChI is InChI=1S/C27H26N4O3S/c1-4-34-25(32)23-17(2)28-26-29-27(30-31(26)24(23)20-11-13-22(33-3)14-12-20)35-16-18-9-10-19-7-5-6-8-21(19)15-18/h5-15,24H,4,16H2,1-3H3,(H,28,29,30). The molecule has 0 radical (unpaired) electrons. The van der Waals surface area contributed by atoms with Gasteiger partial charge in [-0.2, -0.15) is 4.98 Å². The summed E-state index contributed by atoms with van der Waals surface area (Å²) in [6, 6.07) is 22.0. The van der Waals surface area contributed by atoms with E-state index in [-0.39, 0.29) is 5.97 Å². The van der Waals surface area contributed by atoms with E-state index in [1.165, 1.54) is 16.3 Å². The molecule has 0 aliphatic carbocycles. The summed E-state index contributed by atoms with van der Waals surface area (Å²) in [5.74, 6) is 1.70. The van der Waals surface area contributed by atoms with Gasteiger partial charge in [-0.1, -0.05) is 66.4 Å². The number of esters is 1. The van der Waals surface area contributed by atoms with Gasteiger partial charge in [0.25, 0.3) is 0 Å². The number of benzene rings is 3. The predicted molar refractivity (Wildman–Crippen MR) is 138 cm³/mol. The second kappa shape index (κ2) is 9.84. The average Bonchev–Trinajstić information content (AvgIpc) is 3.29. The van der Waals surface area contributed by atoms with Gasteiger partial charge in [-0.25, -0.2) is 9.48 Å². The van der Waals surface area contributed by atoms with Crippen molar-refractivity contribution in [2.75, 3.05) is 19.0 Å². The highest BCUT2D eigenvalue weighted by Gasteiger charge is 2.35. The summed E-state index contributed by atoms with van der Waals surface area (Å²) in [5, 5.41) is 11.1. The lowest BCUT2D eigenvalue weighted by Gasteiger charge is -2.28. The first-order valence-corrected chi connectivity index (χ1v) is 12.4. The van der Waals surface area contributed by atoms with Crippen LogP contribution in [0.4, 0.5) is 5.95 Å². The number of methoxy groups -OCH3 is 1. The number of allylic oxidation sites excluding steroid dienone is 1. The third kappa shape index (κ3) is 4.61. The number of carbonyl (C=O) groups excluding carboxylic acids is 1. The molecular formula is C27H26N4O3S. The van der Waals surface area contributed by atoms with Crippen LogP contribution < -0.4 is 10.1 Å². The Morgan fingerprint density at radius 2 is 1.86 bits per heavy atom. The molecule has 3 aromatic carbocycles. The first-order valence-electron chi connectivity index (χ1n) is 11.4. The molecule has 1 atom stereocenters. The van der Waals surface area contributed by atoms with E-state index < -0.39 is 6.04 Å². The van der Waals surface area contributed by atoms with Crippen molar-refractivity contribution in [3.05, 3.63) is 89.1 Å². The van der Waals surface area contributed by atoms with Crippen molar-refractivity contribution in [2.24, 2.45) is 0 Å². The van der Waals surface area contributed by atoms with Crippen molar-refractivity contribution in [3.63, 3.8) is 0 Å². The molecule has 35 heavy (non-hydrogen) atoms. The first kappa shape index (κ1) is 23.0. The molecule has 0 amide bonds. The second-order valence-electron chi connectivity index (χ2n) is 8.19. The van der Waals surface area contributed by atoms with E-state index in [0.29, 0.717) is 29.0 Å². The summed E-state index contributed by atoms with van der Waals surface area (Å²) in [7, 11) is 1.63. The predicted octanol–water partition coefficient (Wildman–Crippen LogP) is 5.58. The summed E-state index contributed by atoms with van der Waals surface area (Å²) >= 11 is 1.56. The Morgan fingerprint density at radius 3 is 2.60 bits per heavy atom. The van der Waals surface area contributed by atoms with E-state index in [4.69, 9.17) is 19.6 Å². The van der Waals surface area contributed by atoms with Gasteiger partial charge >= 0.3 is 5.97 Å². The average molecular weight is 487 g/mol. The Labute approximate surface area is 208 Å². The highest BCUT2D eigenvalue weighted by Crippen LogP contribution is 2.37. The van der Waals surface area contributed by atoms with E-state index in [0.717, 1.165) is 17.1 Å². The van der Waals surface area contributed by atoms with Gasteiger partial charge in [-0.3, -0.25) is 0 Å². The third-order valence-electron chi connectivity index (χ3n) is 5.94. The second-order valence-corrected chi connectivity index (χ2v) is 9.14. The molecule has 1 aromatic heterocycles. The fourth-order valence-electron chi connectivity index (χ4n) is 4.24. The summed E-state index contributed by atoms with van der Waals surface area (Å²) < 4.78 is 12.5. The maximum absolute atomic E-state index is 12.9. The van der Waals surface area contributed by atoms with E-state index in [9.17, 15) is 4.79 Å². The molecule has 0 saturated heterocycles. The number of aromatic nitrogens is 3. The lowest BCUT2D eigenvalue weighted by Crippen LogP contribution is -2.29. The Bertz CT molecular complexity index is 1410. The van der Waals surface area contributed by atoms with Crippen molar-refractivity contribution in [1.82, 2.24) is 14.8 Å². The van der Waals surface area contributed by atoms with Gasteiger partial charge in [-0.15, -0.1) is 5.10 Å². The first-order chi connectivity index (χ1) is 17.1. The van der Waals surface area contributed by atoms with Crippen molar-refractivity contribution < 1.29 is 14.3 Å². The molecule has 0 saturated carbocycles. The van der Waals surface area contributed by atoms with Crippen LogP contribution >= 0.6 is 11.8 Å². The number of fused-ring (bicyclic) bond motifs is 2. The molecular weight excluding hydrogens is 460 g/mol. The van der Waals surface area contributed by atoms with Crippen LogP contribution in [0.15, 0.2) is 83.2 Å². The Morgan fingerprint density at radius 1 is 1.09 bits per heavy atom. The Hall–Kier alpha value is -3.78. The van der Waals surface area contributed by atoms with Gasteiger partial charge in [-0.05, 0) is 47.9 Å². The van der Waals surface area contributed by atoms with Crippen LogP contribution in [0.5, 0.6) is 5.75 Å². The number of ether oxygens (including phenoxy) is 2. The fourth-order valence-corrected chi connectivity index (χ4v) is 5.01. The molecule has 2 heterocycles. The number of hydrogen-bond donors (Lipinski definition) is 1. The van der Waals surface area contributed by atoms with Crippen LogP contribution in [0.2, 0.25) is 0 Å². The molecule has 4 aromatic rings. The Kier molecular flexibility index (Phi) is 6.46. The lowest BCUT2D eigenvalue weighted by molar-refractivity contribution is -0.139. The van der Waals surface area contributed by atoms with Gasteiger partial charge in [0.2, 0.25) is 11.1 Å². The van der Waals surface area contributed by atoms with Crippen molar-refractivity contribution in [3.8, 4) is 5.75 Å². The van der Waals surface area contributed by atoms with Gasteiger partial charge in [0.1, 0.15) is 11.8 Å². The highest BCUT2D eigenvalue weighted by atomic mass is 32.2. The topological polar surface area (TPSA) is 78.3 Å². The van der Waals surface area contributed by atoms with E-state index in [1.54, 1.807) is 30.5 Å².